The molecule has 0 unspecified atom stereocenters. The highest BCUT2D eigenvalue weighted by Gasteiger charge is 2.29. The Labute approximate surface area is 154 Å². The summed E-state index contributed by atoms with van der Waals surface area (Å²) in [5.74, 6) is 0.424. The molecule has 1 atom stereocenters. The monoisotopic (exact) mass is 392 g/mol. The zero-order valence-corrected chi connectivity index (χ0v) is 17.1. The molecule has 0 aliphatic heterocycles. The Balaban J connectivity index is 2.82. The van der Waals surface area contributed by atoms with Crippen molar-refractivity contribution >= 4 is 45.0 Å². The lowest BCUT2D eigenvalue weighted by molar-refractivity contribution is -0.121. The second-order valence-corrected chi connectivity index (χ2v) is 10.7. The van der Waals surface area contributed by atoms with Crippen LogP contribution in [0.3, 0.4) is 0 Å². The largest absolute Gasteiger partial charge is 0.353 e. The van der Waals surface area contributed by atoms with Crippen LogP contribution in [-0.2, 0) is 14.8 Å². The molecule has 24 heavy (non-hydrogen) atoms. The molecular weight excluding hydrogens is 368 g/mol. The van der Waals surface area contributed by atoms with Crippen molar-refractivity contribution in [1.29, 1.82) is 0 Å². The number of rotatable bonds is 7. The molecule has 0 aliphatic rings. The summed E-state index contributed by atoms with van der Waals surface area (Å²) in [5.41, 5.74) is 0.372. The fourth-order valence-electron chi connectivity index (χ4n) is 2.10. The van der Waals surface area contributed by atoms with E-state index in [1.807, 2.05) is 0 Å². The van der Waals surface area contributed by atoms with Crippen LogP contribution in [0.1, 0.15) is 27.7 Å². The number of benzene rings is 1. The SMILES string of the molecule is C[C@@H](C(=O)NCCSC(C)(C)C)N(c1cccc(Cl)c1)S(C)(=O)=O. The van der Waals surface area contributed by atoms with Crippen LogP contribution in [0.2, 0.25) is 5.02 Å². The summed E-state index contributed by atoms with van der Waals surface area (Å²) in [7, 11) is -3.62. The number of nitrogens with zero attached hydrogens (tertiary/aromatic N) is 1. The van der Waals surface area contributed by atoms with Gasteiger partial charge in [-0.05, 0) is 25.1 Å². The van der Waals surface area contributed by atoms with Crippen LogP contribution in [0.4, 0.5) is 5.69 Å². The van der Waals surface area contributed by atoms with E-state index in [2.05, 4.69) is 26.1 Å². The van der Waals surface area contributed by atoms with E-state index in [1.165, 1.54) is 6.07 Å². The van der Waals surface area contributed by atoms with Crippen molar-refractivity contribution < 1.29 is 13.2 Å². The number of nitrogens with one attached hydrogen (secondary N) is 1. The Morgan fingerprint density at radius 2 is 2.00 bits per heavy atom. The van der Waals surface area contributed by atoms with Crippen LogP contribution in [-0.4, -0.2) is 43.7 Å². The fraction of sp³-hybridized carbons (Fsp3) is 0.562. The molecule has 5 nitrogen and oxygen atoms in total. The van der Waals surface area contributed by atoms with Gasteiger partial charge < -0.3 is 5.32 Å². The second kappa shape index (κ2) is 8.45. The van der Waals surface area contributed by atoms with E-state index in [0.717, 1.165) is 16.3 Å². The first kappa shape index (κ1) is 21.1. The van der Waals surface area contributed by atoms with Crippen molar-refractivity contribution in [1.82, 2.24) is 5.32 Å². The van der Waals surface area contributed by atoms with E-state index in [9.17, 15) is 13.2 Å². The minimum Gasteiger partial charge on any atom is -0.353 e. The maximum Gasteiger partial charge on any atom is 0.243 e. The first-order valence-corrected chi connectivity index (χ1v) is 10.8. The molecule has 136 valence electrons. The molecule has 1 rings (SSSR count). The van der Waals surface area contributed by atoms with Gasteiger partial charge in [-0.1, -0.05) is 38.4 Å². The van der Waals surface area contributed by atoms with Crippen molar-refractivity contribution in [3.05, 3.63) is 29.3 Å². The van der Waals surface area contributed by atoms with Gasteiger partial charge in [0.2, 0.25) is 15.9 Å². The van der Waals surface area contributed by atoms with Crippen LogP contribution in [0.15, 0.2) is 24.3 Å². The third kappa shape index (κ3) is 6.91. The number of sulfonamides is 1. The highest BCUT2D eigenvalue weighted by Crippen LogP contribution is 2.24. The summed E-state index contributed by atoms with van der Waals surface area (Å²) in [6.07, 6.45) is 1.08. The Morgan fingerprint density at radius 1 is 1.38 bits per heavy atom. The van der Waals surface area contributed by atoms with Crippen molar-refractivity contribution in [2.75, 3.05) is 22.9 Å². The van der Waals surface area contributed by atoms with E-state index in [-0.39, 0.29) is 10.7 Å². The lowest BCUT2D eigenvalue weighted by atomic mass is 10.2. The molecule has 0 spiro atoms. The second-order valence-electron chi connectivity index (χ2n) is 6.47. The summed E-state index contributed by atoms with van der Waals surface area (Å²) in [5, 5.41) is 3.21. The van der Waals surface area contributed by atoms with Crippen molar-refractivity contribution in [2.24, 2.45) is 0 Å². The van der Waals surface area contributed by atoms with Gasteiger partial charge in [-0.2, -0.15) is 11.8 Å². The summed E-state index contributed by atoms with van der Waals surface area (Å²) < 4.78 is 25.5. The van der Waals surface area contributed by atoms with Gasteiger partial charge in [0, 0.05) is 22.1 Å². The third-order valence-corrected chi connectivity index (χ3v) is 5.84. The van der Waals surface area contributed by atoms with Crippen LogP contribution < -0.4 is 9.62 Å². The van der Waals surface area contributed by atoms with Crippen LogP contribution in [0, 0.1) is 0 Å². The van der Waals surface area contributed by atoms with Gasteiger partial charge in [0.15, 0.2) is 0 Å². The minimum absolute atomic E-state index is 0.121. The standard InChI is InChI=1S/C16H25ClN2O3S2/c1-12(15(20)18-9-10-23-16(2,3)4)19(24(5,21)22)14-8-6-7-13(17)11-14/h6-8,11-12H,9-10H2,1-5H3,(H,18,20)/t12-/m0/s1. The molecule has 1 N–H and O–H groups in total. The van der Waals surface area contributed by atoms with Gasteiger partial charge in [0.1, 0.15) is 6.04 Å². The average Bonchev–Trinajstić information content (AvgIpc) is 2.41. The smallest absolute Gasteiger partial charge is 0.243 e. The molecule has 0 radical (unpaired) electrons. The van der Waals surface area contributed by atoms with Gasteiger partial charge >= 0.3 is 0 Å². The molecule has 0 saturated carbocycles. The molecule has 0 saturated heterocycles. The van der Waals surface area contributed by atoms with Gasteiger partial charge in [-0.25, -0.2) is 8.42 Å². The van der Waals surface area contributed by atoms with Crippen LogP contribution >= 0.6 is 23.4 Å². The number of anilines is 1. The number of halogens is 1. The molecule has 0 aromatic heterocycles. The van der Waals surface area contributed by atoms with E-state index in [1.54, 1.807) is 36.9 Å². The first-order valence-electron chi connectivity index (χ1n) is 7.58. The number of amides is 1. The molecule has 0 aliphatic carbocycles. The molecule has 0 bridgehead atoms. The maximum atomic E-state index is 12.4. The number of hydrogen-bond acceptors (Lipinski definition) is 4. The van der Waals surface area contributed by atoms with Crippen LogP contribution in [0.25, 0.3) is 0 Å². The highest BCUT2D eigenvalue weighted by atomic mass is 35.5. The Kier molecular flexibility index (Phi) is 7.44. The minimum atomic E-state index is -3.62. The fourth-order valence-corrected chi connectivity index (χ4v) is 4.27. The molecule has 0 fully saturated rings. The summed E-state index contributed by atoms with van der Waals surface area (Å²) in [4.78, 5) is 12.4. The van der Waals surface area contributed by atoms with Gasteiger partial charge in [0.05, 0.1) is 11.9 Å². The number of thioether (sulfide) groups is 1. The number of hydrogen-bond donors (Lipinski definition) is 1. The van der Waals surface area contributed by atoms with Crippen LogP contribution in [0.5, 0.6) is 0 Å². The average molecular weight is 393 g/mol. The normalized spacial score (nSPS) is 13.4. The summed E-state index contributed by atoms with van der Waals surface area (Å²) >= 11 is 7.68. The van der Waals surface area contributed by atoms with E-state index in [4.69, 9.17) is 11.6 Å². The van der Waals surface area contributed by atoms with E-state index >= 15 is 0 Å². The van der Waals surface area contributed by atoms with Gasteiger partial charge in [-0.3, -0.25) is 9.10 Å². The summed E-state index contributed by atoms with van der Waals surface area (Å²) in [6.45, 7) is 8.36. The lowest BCUT2D eigenvalue weighted by Crippen LogP contribution is -2.48. The molecule has 1 amide bonds. The predicted octanol–water partition coefficient (Wildman–Crippen LogP) is 3.14. The maximum absolute atomic E-state index is 12.4. The van der Waals surface area contributed by atoms with Gasteiger partial charge in [0.25, 0.3) is 0 Å². The van der Waals surface area contributed by atoms with E-state index < -0.39 is 16.1 Å². The van der Waals surface area contributed by atoms with Crippen molar-refractivity contribution in [3.63, 3.8) is 0 Å². The highest BCUT2D eigenvalue weighted by molar-refractivity contribution is 8.00. The molecular formula is C16H25ClN2O3S2. The van der Waals surface area contributed by atoms with Crippen molar-refractivity contribution in [2.45, 2.75) is 38.5 Å². The predicted molar refractivity (Wildman–Crippen MR) is 103 cm³/mol. The van der Waals surface area contributed by atoms with Crippen molar-refractivity contribution in [3.8, 4) is 0 Å². The Bertz CT molecular complexity index is 672. The molecule has 0 heterocycles. The Morgan fingerprint density at radius 3 is 2.50 bits per heavy atom. The summed E-state index contributed by atoms with van der Waals surface area (Å²) in [6, 6.07) is 5.59. The lowest BCUT2D eigenvalue weighted by Gasteiger charge is -2.28. The first-order chi connectivity index (χ1) is 10.9. The zero-order valence-electron chi connectivity index (χ0n) is 14.7. The molecule has 1 aromatic rings. The van der Waals surface area contributed by atoms with Gasteiger partial charge in [-0.15, -0.1) is 0 Å². The number of carbonyl (C=O) groups is 1. The Hall–Kier alpha value is -0.920. The molecule has 1 aromatic carbocycles. The number of carbonyl (C=O) groups excluding carboxylic acids is 1. The third-order valence-electron chi connectivity index (χ3n) is 3.09. The van der Waals surface area contributed by atoms with E-state index in [0.29, 0.717) is 17.3 Å². The zero-order chi connectivity index (χ0) is 18.5. The topological polar surface area (TPSA) is 66.5 Å². The quantitative estimate of drug-likeness (QED) is 0.724. The molecule has 8 heteroatoms.